The lowest BCUT2D eigenvalue weighted by Gasteiger charge is -2.16. The number of halogens is 1. The van der Waals surface area contributed by atoms with Gasteiger partial charge in [0.25, 0.3) is 5.91 Å². The molecule has 1 saturated carbocycles. The normalized spacial score (nSPS) is 22.7. The zero-order chi connectivity index (χ0) is 13.4. The number of nitrogens with one attached hydrogen (secondary N) is 1. The quantitative estimate of drug-likeness (QED) is 0.893. The van der Waals surface area contributed by atoms with Crippen molar-refractivity contribution in [3.05, 3.63) is 35.6 Å². The summed E-state index contributed by atoms with van der Waals surface area (Å²) in [5.74, 6) is -0.505. The average molecular weight is 262 g/mol. The van der Waals surface area contributed by atoms with Crippen LogP contribution in [0.1, 0.15) is 29.6 Å². The molecule has 1 saturated heterocycles. The van der Waals surface area contributed by atoms with Crippen molar-refractivity contribution in [2.75, 3.05) is 6.54 Å². The molecule has 1 N–H and O–H groups in total. The van der Waals surface area contributed by atoms with Crippen LogP contribution >= 0.6 is 0 Å². The molecule has 4 nitrogen and oxygen atoms in total. The Labute approximate surface area is 110 Å². The Morgan fingerprint density at radius 1 is 1.26 bits per heavy atom. The zero-order valence-corrected chi connectivity index (χ0v) is 10.4. The first kappa shape index (κ1) is 12.1. The maximum atomic E-state index is 12.8. The van der Waals surface area contributed by atoms with Crippen molar-refractivity contribution >= 4 is 11.8 Å². The molecule has 100 valence electrons. The van der Waals surface area contributed by atoms with E-state index in [1.54, 1.807) is 0 Å². The largest absolute Gasteiger partial charge is 0.347 e. The topological polar surface area (TPSA) is 49.4 Å². The van der Waals surface area contributed by atoms with E-state index in [0.717, 1.165) is 12.8 Å². The molecule has 5 heteroatoms. The van der Waals surface area contributed by atoms with Gasteiger partial charge in [0.1, 0.15) is 5.82 Å². The molecule has 1 aliphatic carbocycles. The molecule has 1 aliphatic heterocycles. The number of carbonyl (C=O) groups excluding carboxylic acids is 2. The molecule has 0 radical (unpaired) electrons. The fraction of sp³-hybridized carbons (Fsp3) is 0.429. The van der Waals surface area contributed by atoms with Gasteiger partial charge in [-0.2, -0.15) is 0 Å². The van der Waals surface area contributed by atoms with Gasteiger partial charge in [0, 0.05) is 24.6 Å². The fourth-order valence-corrected chi connectivity index (χ4v) is 2.44. The average Bonchev–Trinajstić information content (AvgIpc) is 3.15. The van der Waals surface area contributed by atoms with E-state index in [4.69, 9.17) is 0 Å². The van der Waals surface area contributed by atoms with Crippen LogP contribution in [-0.2, 0) is 4.79 Å². The molecule has 2 aliphatic rings. The lowest BCUT2D eigenvalue weighted by Crippen LogP contribution is -2.37. The molecule has 1 unspecified atom stereocenters. The van der Waals surface area contributed by atoms with Crippen LogP contribution in [0.4, 0.5) is 4.39 Å². The van der Waals surface area contributed by atoms with Crippen molar-refractivity contribution in [3.63, 3.8) is 0 Å². The molecule has 2 fully saturated rings. The molecular formula is C14H15FN2O2. The van der Waals surface area contributed by atoms with E-state index in [1.165, 1.54) is 24.3 Å². The van der Waals surface area contributed by atoms with Crippen molar-refractivity contribution in [2.45, 2.75) is 31.3 Å². The molecule has 1 heterocycles. The second kappa shape index (κ2) is 4.64. The number of amides is 2. The summed E-state index contributed by atoms with van der Waals surface area (Å²) in [6.45, 7) is 0.594. The molecule has 3 rings (SSSR count). The van der Waals surface area contributed by atoms with E-state index in [9.17, 15) is 14.0 Å². The van der Waals surface area contributed by atoms with Crippen LogP contribution in [0, 0.1) is 5.82 Å². The minimum atomic E-state index is -0.368. The third-order valence-corrected chi connectivity index (χ3v) is 3.59. The van der Waals surface area contributed by atoms with Crippen molar-refractivity contribution in [1.29, 1.82) is 0 Å². The maximum absolute atomic E-state index is 12.8. The smallest absolute Gasteiger partial charge is 0.251 e. The van der Waals surface area contributed by atoms with E-state index >= 15 is 0 Å². The summed E-state index contributed by atoms with van der Waals surface area (Å²) in [6.07, 6.45) is 2.51. The van der Waals surface area contributed by atoms with E-state index in [2.05, 4.69) is 5.32 Å². The van der Waals surface area contributed by atoms with Gasteiger partial charge in [0.15, 0.2) is 0 Å². The summed E-state index contributed by atoms with van der Waals surface area (Å²) in [6, 6.07) is 5.65. The van der Waals surface area contributed by atoms with Crippen LogP contribution in [0.15, 0.2) is 24.3 Å². The van der Waals surface area contributed by atoms with Gasteiger partial charge >= 0.3 is 0 Å². The second-order valence-corrected chi connectivity index (χ2v) is 5.16. The first-order valence-electron chi connectivity index (χ1n) is 6.49. The van der Waals surface area contributed by atoms with Crippen LogP contribution in [-0.4, -0.2) is 35.3 Å². The van der Waals surface area contributed by atoms with E-state index < -0.39 is 0 Å². The predicted molar refractivity (Wildman–Crippen MR) is 67.0 cm³/mol. The third kappa shape index (κ3) is 2.59. The first-order chi connectivity index (χ1) is 9.13. The van der Waals surface area contributed by atoms with Gasteiger partial charge in [-0.3, -0.25) is 9.59 Å². The lowest BCUT2D eigenvalue weighted by atomic mass is 10.2. The number of benzene rings is 1. The molecule has 0 spiro atoms. The number of nitrogens with zero attached hydrogens (tertiary/aromatic N) is 1. The van der Waals surface area contributed by atoms with Crippen LogP contribution in [0.5, 0.6) is 0 Å². The molecular weight excluding hydrogens is 247 g/mol. The fourth-order valence-electron chi connectivity index (χ4n) is 2.44. The summed E-state index contributed by atoms with van der Waals surface area (Å²) < 4.78 is 12.8. The molecule has 1 aromatic carbocycles. The van der Waals surface area contributed by atoms with Crippen LogP contribution in [0.2, 0.25) is 0 Å². The van der Waals surface area contributed by atoms with Gasteiger partial charge in [-0.15, -0.1) is 0 Å². The van der Waals surface area contributed by atoms with Crippen molar-refractivity contribution in [3.8, 4) is 0 Å². The summed E-state index contributed by atoms with van der Waals surface area (Å²) in [7, 11) is 0. The summed E-state index contributed by atoms with van der Waals surface area (Å²) in [4.78, 5) is 25.6. The molecule has 1 aromatic rings. The molecule has 19 heavy (non-hydrogen) atoms. The van der Waals surface area contributed by atoms with Gasteiger partial charge < -0.3 is 10.2 Å². The number of rotatable bonds is 3. The molecule has 2 amide bonds. The number of hydrogen-bond donors (Lipinski definition) is 1. The summed E-state index contributed by atoms with van der Waals surface area (Å²) in [5, 5.41) is 2.83. The SMILES string of the molecule is O=C(NC1CC(=O)N(C2CC2)C1)c1ccc(F)cc1. The van der Waals surface area contributed by atoms with Crippen LogP contribution in [0.3, 0.4) is 0 Å². The number of hydrogen-bond acceptors (Lipinski definition) is 2. The molecule has 0 aromatic heterocycles. The molecule has 0 bridgehead atoms. The van der Waals surface area contributed by atoms with Gasteiger partial charge in [-0.25, -0.2) is 4.39 Å². The Bertz CT molecular complexity index is 511. The van der Waals surface area contributed by atoms with Crippen molar-refractivity contribution < 1.29 is 14.0 Å². The maximum Gasteiger partial charge on any atom is 0.251 e. The van der Waals surface area contributed by atoms with Gasteiger partial charge in [0.05, 0.1) is 6.04 Å². The van der Waals surface area contributed by atoms with E-state index in [1.807, 2.05) is 4.90 Å². The molecule has 1 atom stereocenters. The van der Waals surface area contributed by atoms with Crippen LogP contribution < -0.4 is 5.32 Å². The minimum absolute atomic E-state index is 0.118. The first-order valence-corrected chi connectivity index (χ1v) is 6.49. The lowest BCUT2D eigenvalue weighted by molar-refractivity contribution is -0.128. The Morgan fingerprint density at radius 2 is 1.95 bits per heavy atom. The number of carbonyl (C=O) groups is 2. The third-order valence-electron chi connectivity index (χ3n) is 3.59. The summed E-state index contributed by atoms with van der Waals surface area (Å²) in [5.41, 5.74) is 0.415. The highest BCUT2D eigenvalue weighted by Gasteiger charge is 2.39. The standard InChI is InChI=1S/C14H15FN2O2/c15-10-3-1-9(2-4-10)14(19)16-11-7-13(18)17(8-11)12-5-6-12/h1-4,11-12H,5-8H2,(H,16,19). The Kier molecular flexibility index (Phi) is 2.97. The number of likely N-dealkylation sites (tertiary alicyclic amines) is 1. The predicted octanol–water partition coefficient (Wildman–Crippen LogP) is 1.32. The zero-order valence-electron chi connectivity index (χ0n) is 10.4. The minimum Gasteiger partial charge on any atom is -0.347 e. The van der Waals surface area contributed by atoms with E-state index in [-0.39, 0.29) is 23.7 Å². The Hall–Kier alpha value is -1.91. The van der Waals surface area contributed by atoms with E-state index in [0.29, 0.717) is 24.6 Å². The monoisotopic (exact) mass is 262 g/mol. The highest BCUT2D eigenvalue weighted by atomic mass is 19.1. The van der Waals surface area contributed by atoms with Crippen molar-refractivity contribution in [1.82, 2.24) is 10.2 Å². The highest BCUT2D eigenvalue weighted by Crippen LogP contribution is 2.30. The second-order valence-electron chi connectivity index (χ2n) is 5.16. The van der Waals surface area contributed by atoms with Crippen LogP contribution in [0.25, 0.3) is 0 Å². The summed E-state index contributed by atoms with van der Waals surface area (Å²) >= 11 is 0. The van der Waals surface area contributed by atoms with Gasteiger partial charge in [-0.05, 0) is 37.1 Å². The Balaban J connectivity index is 1.61. The van der Waals surface area contributed by atoms with Crippen molar-refractivity contribution in [2.24, 2.45) is 0 Å². The highest BCUT2D eigenvalue weighted by molar-refractivity contribution is 5.95. The van der Waals surface area contributed by atoms with Gasteiger partial charge in [0.2, 0.25) is 5.91 Å². The Morgan fingerprint density at radius 3 is 2.58 bits per heavy atom. The van der Waals surface area contributed by atoms with Gasteiger partial charge in [-0.1, -0.05) is 0 Å².